The molecule has 84 valence electrons. The molecule has 17 heavy (non-hydrogen) atoms. The van der Waals surface area contributed by atoms with E-state index >= 15 is 0 Å². The van der Waals surface area contributed by atoms with Gasteiger partial charge in [-0.25, -0.2) is 14.1 Å². The van der Waals surface area contributed by atoms with Gasteiger partial charge in [-0.3, -0.25) is 0 Å². The summed E-state index contributed by atoms with van der Waals surface area (Å²) in [5.41, 5.74) is 1.02. The van der Waals surface area contributed by atoms with Crippen LogP contribution in [-0.4, -0.2) is 14.8 Å². The van der Waals surface area contributed by atoms with E-state index < -0.39 is 0 Å². The van der Waals surface area contributed by atoms with Crippen molar-refractivity contribution < 1.29 is 4.39 Å². The molecule has 0 saturated heterocycles. The first-order chi connectivity index (χ1) is 8.27. The highest BCUT2D eigenvalue weighted by Gasteiger charge is 2.12. The van der Waals surface area contributed by atoms with Gasteiger partial charge < -0.3 is 0 Å². The van der Waals surface area contributed by atoms with Crippen LogP contribution in [0.5, 0.6) is 0 Å². The summed E-state index contributed by atoms with van der Waals surface area (Å²) in [7, 11) is 0. The highest BCUT2D eigenvalue weighted by molar-refractivity contribution is 9.10. The number of halogens is 2. The minimum absolute atomic E-state index is 0.324. The maximum atomic E-state index is 13.7. The molecule has 0 saturated carbocycles. The van der Waals surface area contributed by atoms with Gasteiger partial charge in [0, 0.05) is 6.20 Å². The second kappa shape index (κ2) is 3.92. The molecule has 3 aromatic rings. The van der Waals surface area contributed by atoms with Crippen LogP contribution >= 0.6 is 15.9 Å². The molecule has 1 aromatic carbocycles. The summed E-state index contributed by atoms with van der Waals surface area (Å²) in [6, 6.07) is 10.2. The Labute approximate surface area is 105 Å². The quantitative estimate of drug-likeness (QED) is 0.689. The van der Waals surface area contributed by atoms with Crippen LogP contribution in [0.4, 0.5) is 4.39 Å². The van der Waals surface area contributed by atoms with E-state index in [2.05, 4.69) is 26.0 Å². The van der Waals surface area contributed by atoms with Crippen LogP contribution in [0.1, 0.15) is 0 Å². The van der Waals surface area contributed by atoms with E-state index in [4.69, 9.17) is 0 Å². The molecule has 3 nitrogen and oxygen atoms in total. The Morgan fingerprint density at radius 3 is 2.76 bits per heavy atom. The molecule has 0 atom stereocenters. The second-order valence-electron chi connectivity index (χ2n) is 3.53. The molecular formula is C12H7BrFN3. The lowest BCUT2D eigenvalue weighted by atomic mass is 10.3. The van der Waals surface area contributed by atoms with Crippen molar-refractivity contribution in [2.24, 2.45) is 0 Å². The predicted octanol–water partition coefficient (Wildman–Crippen LogP) is 3.32. The zero-order valence-electron chi connectivity index (χ0n) is 8.64. The Bertz CT molecular complexity index is 693. The molecule has 0 spiro atoms. The van der Waals surface area contributed by atoms with Crippen LogP contribution in [0, 0.1) is 5.82 Å². The molecule has 0 unspecified atom stereocenters. The Morgan fingerprint density at radius 1 is 1.12 bits per heavy atom. The number of nitrogens with zero attached hydrogens (tertiary/aromatic N) is 3. The van der Waals surface area contributed by atoms with E-state index in [1.807, 2.05) is 12.1 Å². The molecule has 0 aliphatic heterocycles. The molecule has 5 heteroatoms. The second-order valence-corrected chi connectivity index (χ2v) is 4.28. The average Bonchev–Trinajstić information content (AvgIpc) is 2.68. The summed E-state index contributed by atoms with van der Waals surface area (Å²) < 4.78 is 15.9. The van der Waals surface area contributed by atoms with E-state index in [1.165, 1.54) is 10.7 Å². The van der Waals surface area contributed by atoms with Crippen LogP contribution in [-0.2, 0) is 0 Å². The zero-order chi connectivity index (χ0) is 11.8. The maximum absolute atomic E-state index is 13.7. The van der Waals surface area contributed by atoms with Gasteiger partial charge in [0.1, 0.15) is 16.1 Å². The molecule has 0 fully saturated rings. The van der Waals surface area contributed by atoms with Crippen molar-refractivity contribution in [3.05, 3.63) is 53.0 Å². The number of rotatable bonds is 1. The minimum Gasteiger partial charge on any atom is -0.236 e. The van der Waals surface area contributed by atoms with Gasteiger partial charge in [0.15, 0.2) is 5.65 Å². The standard InChI is InChI=1S/C12H7BrFN3/c13-11-8-4-3-7-15-12(8)17(16-11)10-6-2-1-5-9(10)14/h1-7H. The Morgan fingerprint density at radius 2 is 1.94 bits per heavy atom. The third kappa shape index (κ3) is 1.63. The molecule has 0 N–H and O–H groups in total. The van der Waals surface area contributed by atoms with Crippen LogP contribution < -0.4 is 0 Å². The van der Waals surface area contributed by atoms with Crippen LogP contribution in [0.15, 0.2) is 47.2 Å². The van der Waals surface area contributed by atoms with E-state index in [1.54, 1.807) is 24.4 Å². The molecule has 0 radical (unpaired) electrons. The number of pyridine rings is 1. The Hall–Kier alpha value is -1.75. The lowest BCUT2D eigenvalue weighted by Crippen LogP contribution is -2.00. The number of benzene rings is 1. The van der Waals surface area contributed by atoms with Crippen molar-refractivity contribution in [2.45, 2.75) is 0 Å². The molecule has 3 rings (SSSR count). The topological polar surface area (TPSA) is 30.7 Å². The number of aromatic nitrogens is 3. The van der Waals surface area contributed by atoms with Gasteiger partial charge in [-0.2, -0.15) is 5.10 Å². The van der Waals surface area contributed by atoms with Gasteiger partial charge in [-0.1, -0.05) is 12.1 Å². The maximum Gasteiger partial charge on any atom is 0.164 e. The van der Waals surface area contributed by atoms with Gasteiger partial charge in [0.05, 0.1) is 5.39 Å². The number of para-hydroxylation sites is 1. The summed E-state index contributed by atoms with van der Waals surface area (Å²) in [6.07, 6.45) is 1.66. The summed E-state index contributed by atoms with van der Waals surface area (Å²) in [6.45, 7) is 0. The first-order valence-corrected chi connectivity index (χ1v) is 5.81. The summed E-state index contributed by atoms with van der Waals surface area (Å²) in [5, 5.41) is 5.11. The van der Waals surface area contributed by atoms with Gasteiger partial charge in [-0.05, 0) is 40.2 Å². The minimum atomic E-state index is -0.324. The monoisotopic (exact) mass is 291 g/mol. The van der Waals surface area contributed by atoms with Gasteiger partial charge >= 0.3 is 0 Å². The van der Waals surface area contributed by atoms with Gasteiger partial charge in [0.25, 0.3) is 0 Å². The summed E-state index contributed by atoms with van der Waals surface area (Å²) >= 11 is 3.35. The SMILES string of the molecule is Fc1ccccc1-n1nc(Br)c2cccnc21. The van der Waals surface area contributed by atoms with Crippen molar-refractivity contribution in [1.29, 1.82) is 0 Å². The number of fused-ring (bicyclic) bond motifs is 1. The lowest BCUT2D eigenvalue weighted by molar-refractivity contribution is 0.612. The van der Waals surface area contributed by atoms with Crippen molar-refractivity contribution >= 4 is 27.0 Å². The molecule has 0 amide bonds. The Kier molecular flexibility index (Phi) is 2.40. The molecular weight excluding hydrogens is 285 g/mol. The lowest BCUT2D eigenvalue weighted by Gasteiger charge is -2.03. The van der Waals surface area contributed by atoms with Crippen molar-refractivity contribution in [1.82, 2.24) is 14.8 Å². The van der Waals surface area contributed by atoms with E-state index in [9.17, 15) is 4.39 Å². The highest BCUT2D eigenvalue weighted by atomic mass is 79.9. The van der Waals surface area contributed by atoms with Crippen LogP contribution in [0.25, 0.3) is 16.7 Å². The highest BCUT2D eigenvalue weighted by Crippen LogP contribution is 2.24. The fourth-order valence-electron chi connectivity index (χ4n) is 1.71. The predicted molar refractivity (Wildman–Crippen MR) is 66.5 cm³/mol. The largest absolute Gasteiger partial charge is 0.236 e. The zero-order valence-corrected chi connectivity index (χ0v) is 10.2. The van der Waals surface area contributed by atoms with Crippen LogP contribution in [0.3, 0.4) is 0 Å². The van der Waals surface area contributed by atoms with Gasteiger partial charge in [0.2, 0.25) is 0 Å². The summed E-state index contributed by atoms with van der Waals surface area (Å²) in [5.74, 6) is -0.324. The summed E-state index contributed by atoms with van der Waals surface area (Å²) in [4.78, 5) is 4.22. The molecule has 0 bridgehead atoms. The molecule has 2 heterocycles. The first kappa shape index (κ1) is 10.4. The normalized spacial score (nSPS) is 10.9. The Balaban J connectivity index is 2.35. The van der Waals surface area contributed by atoms with Crippen LogP contribution in [0.2, 0.25) is 0 Å². The third-order valence-electron chi connectivity index (χ3n) is 2.48. The number of hydrogen-bond acceptors (Lipinski definition) is 2. The number of hydrogen-bond donors (Lipinski definition) is 0. The molecule has 0 aliphatic carbocycles. The van der Waals surface area contributed by atoms with E-state index in [0.717, 1.165) is 5.39 Å². The van der Waals surface area contributed by atoms with E-state index in [0.29, 0.717) is 15.9 Å². The van der Waals surface area contributed by atoms with Crippen molar-refractivity contribution in [2.75, 3.05) is 0 Å². The fraction of sp³-hybridized carbons (Fsp3) is 0. The van der Waals surface area contributed by atoms with E-state index in [-0.39, 0.29) is 5.82 Å². The third-order valence-corrected chi connectivity index (χ3v) is 3.06. The smallest absolute Gasteiger partial charge is 0.164 e. The average molecular weight is 292 g/mol. The van der Waals surface area contributed by atoms with Crippen molar-refractivity contribution in [3.63, 3.8) is 0 Å². The fourth-order valence-corrected chi connectivity index (χ4v) is 2.18. The van der Waals surface area contributed by atoms with Crippen molar-refractivity contribution in [3.8, 4) is 5.69 Å². The molecule has 2 aromatic heterocycles. The molecule has 0 aliphatic rings. The first-order valence-electron chi connectivity index (χ1n) is 5.01. The van der Waals surface area contributed by atoms with Gasteiger partial charge in [-0.15, -0.1) is 0 Å².